The van der Waals surface area contributed by atoms with Crippen LogP contribution >= 0.6 is 0 Å². The maximum absolute atomic E-state index is 5.13. The zero-order valence-electron chi connectivity index (χ0n) is 22.5. The zero-order valence-corrected chi connectivity index (χ0v) is 22.5. The van der Waals surface area contributed by atoms with Gasteiger partial charge in [-0.15, -0.1) is 0 Å². The summed E-state index contributed by atoms with van der Waals surface area (Å²) < 4.78 is 0. The number of piperidine rings is 1. The van der Waals surface area contributed by atoms with Gasteiger partial charge < -0.3 is 16.0 Å². The van der Waals surface area contributed by atoms with Crippen LogP contribution in [0, 0.1) is 5.41 Å². The molecule has 0 bridgehead atoms. The molecule has 1 saturated heterocycles. The van der Waals surface area contributed by atoms with Crippen molar-refractivity contribution in [1.29, 1.82) is 0 Å². The van der Waals surface area contributed by atoms with E-state index in [0.29, 0.717) is 11.6 Å². The molecule has 7 rings (SSSR count). The monoisotopic (exact) mass is 526 g/mol. The Labute approximate surface area is 232 Å². The molecule has 0 amide bonds. The fourth-order valence-electron chi connectivity index (χ4n) is 5.42. The van der Waals surface area contributed by atoms with Gasteiger partial charge >= 0.3 is 0 Å². The average molecular weight is 527 g/mol. The van der Waals surface area contributed by atoms with Gasteiger partial charge in [0, 0.05) is 41.5 Å². The first-order chi connectivity index (χ1) is 19.5. The minimum Gasteiger partial charge on any atom is -0.366 e. The molecule has 5 heterocycles. The van der Waals surface area contributed by atoms with Gasteiger partial charge in [-0.1, -0.05) is 50.3 Å². The molecule has 8 heteroatoms. The highest BCUT2D eigenvalue weighted by molar-refractivity contribution is 6.02. The van der Waals surface area contributed by atoms with Crippen LogP contribution in [0.1, 0.15) is 25.8 Å². The predicted octanol–water partition coefficient (Wildman–Crippen LogP) is 6.13. The molecule has 1 fully saturated rings. The fraction of sp³-hybridized carbons (Fsp3) is 0.219. The molecule has 40 heavy (non-hydrogen) atoms. The Hall–Kier alpha value is -4.69. The van der Waals surface area contributed by atoms with E-state index in [0.717, 1.165) is 69.7 Å². The van der Waals surface area contributed by atoms with E-state index in [4.69, 9.17) is 15.0 Å². The number of aromatic nitrogens is 5. The quantitative estimate of drug-likeness (QED) is 0.243. The van der Waals surface area contributed by atoms with Gasteiger partial charge in [-0.05, 0) is 54.3 Å². The van der Waals surface area contributed by atoms with Crippen LogP contribution < -0.4 is 16.0 Å². The van der Waals surface area contributed by atoms with Crippen LogP contribution in [0.2, 0.25) is 0 Å². The highest BCUT2D eigenvalue weighted by Crippen LogP contribution is 2.36. The largest absolute Gasteiger partial charge is 0.366 e. The Morgan fingerprint density at radius 3 is 2.70 bits per heavy atom. The molecular weight excluding hydrogens is 496 g/mol. The van der Waals surface area contributed by atoms with Crippen LogP contribution in [0.5, 0.6) is 0 Å². The van der Waals surface area contributed by atoms with E-state index >= 15 is 0 Å². The second-order valence-electron chi connectivity index (χ2n) is 11.1. The maximum atomic E-state index is 5.13. The van der Waals surface area contributed by atoms with Gasteiger partial charge in [0.25, 0.3) is 0 Å². The van der Waals surface area contributed by atoms with Gasteiger partial charge in [-0.3, -0.25) is 4.98 Å². The number of benzene rings is 1. The molecule has 0 spiro atoms. The number of rotatable bonds is 6. The number of anilines is 3. The number of hydrogen-bond acceptors (Lipinski definition) is 8. The molecule has 8 nitrogen and oxygen atoms in total. The van der Waals surface area contributed by atoms with Crippen LogP contribution in [0.25, 0.3) is 38.8 Å². The molecule has 1 unspecified atom stereocenters. The third-order valence-electron chi connectivity index (χ3n) is 7.79. The molecule has 1 atom stereocenters. The third kappa shape index (κ3) is 4.56. The number of fused-ring (bicyclic) bond motifs is 2. The van der Waals surface area contributed by atoms with Crippen LogP contribution in [-0.2, 0) is 0 Å². The van der Waals surface area contributed by atoms with Crippen molar-refractivity contribution in [2.75, 3.05) is 23.7 Å². The van der Waals surface area contributed by atoms with E-state index in [1.807, 2.05) is 54.9 Å². The number of pyridine rings is 3. The van der Waals surface area contributed by atoms with Crippen LogP contribution in [0.3, 0.4) is 0 Å². The molecule has 0 radical (unpaired) electrons. The van der Waals surface area contributed by atoms with Crippen molar-refractivity contribution in [3.8, 4) is 11.4 Å². The number of hydrogen-bond donors (Lipinski definition) is 3. The summed E-state index contributed by atoms with van der Waals surface area (Å²) in [5.41, 5.74) is 4.85. The summed E-state index contributed by atoms with van der Waals surface area (Å²) in [6.07, 6.45) is 12.8. The first-order valence-electron chi connectivity index (χ1n) is 13.6. The zero-order chi connectivity index (χ0) is 27.1. The molecule has 1 aromatic carbocycles. The second kappa shape index (κ2) is 9.81. The molecule has 198 valence electrons. The molecule has 1 aliphatic carbocycles. The Morgan fingerprint density at radius 1 is 0.950 bits per heavy atom. The lowest BCUT2D eigenvalue weighted by Gasteiger charge is -2.40. The van der Waals surface area contributed by atoms with Crippen molar-refractivity contribution >= 4 is 44.8 Å². The average Bonchev–Trinajstić information content (AvgIpc) is 2.93. The van der Waals surface area contributed by atoms with Crippen LogP contribution in [0.4, 0.5) is 17.5 Å². The number of nitrogens with one attached hydrogen (secondary N) is 3. The van der Waals surface area contributed by atoms with E-state index in [1.165, 1.54) is 0 Å². The standard InChI is InChI=1S/C32H30N8/c1-32(2)19-33-14-13-26(32)38-31-29-23(20-7-5-8-20)17-34-18-25(29)37-30(40-31)22-12-15-35-28(16-22)39-27-11-10-21-6-3-4-9-24(21)36-27/h3-12,15-18,26,33H,13-14,19H2,1-2H3,(H,35,36,39)(H,37,38,40). The van der Waals surface area contributed by atoms with Crippen molar-refractivity contribution in [1.82, 2.24) is 30.2 Å². The van der Waals surface area contributed by atoms with E-state index < -0.39 is 0 Å². The van der Waals surface area contributed by atoms with Crippen LogP contribution in [0.15, 0.2) is 85.3 Å². The summed E-state index contributed by atoms with van der Waals surface area (Å²) in [5, 5.41) is 12.8. The van der Waals surface area contributed by atoms with E-state index in [1.54, 1.807) is 6.20 Å². The molecule has 3 N–H and O–H groups in total. The molecule has 2 aliphatic rings. The molecule has 0 saturated carbocycles. The Kier molecular flexibility index (Phi) is 5.97. The van der Waals surface area contributed by atoms with Crippen LogP contribution in [-0.4, -0.2) is 44.1 Å². The second-order valence-corrected chi connectivity index (χ2v) is 11.1. The fourth-order valence-corrected chi connectivity index (χ4v) is 5.42. The van der Waals surface area contributed by atoms with Crippen molar-refractivity contribution < 1.29 is 0 Å². The summed E-state index contributed by atoms with van der Waals surface area (Å²) in [5.74, 6) is 2.86. The van der Waals surface area contributed by atoms with Gasteiger partial charge in [-0.25, -0.2) is 19.9 Å². The lowest BCUT2D eigenvalue weighted by atomic mass is 9.80. The normalized spacial score (nSPS) is 17.9. The van der Waals surface area contributed by atoms with Gasteiger partial charge in [0.2, 0.25) is 0 Å². The molecule has 1 aliphatic heterocycles. The summed E-state index contributed by atoms with van der Waals surface area (Å²) in [6, 6.07) is 16.2. The lowest BCUT2D eigenvalue weighted by molar-refractivity contribution is 0.236. The SMILES string of the molecule is CC1(C)CNCCC1Nc1nc(-c2ccnc(Nc3ccc4ccccc4n3)c2)nc2cncc(C3=CC=C3)c12. The Morgan fingerprint density at radius 2 is 1.85 bits per heavy atom. The lowest BCUT2D eigenvalue weighted by Crippen LogP contribution is -2.49. The Bertz CT molecular complexity index is 1810. The first-order valence-corrected chi connectivity index (χ1v) is 13.6. The molecule has 4 aromatic heterocycles. The predicted molar refractivity (Wildman–Crippen MR) is 161 cm³/mol. The van der Waals surface area contributed by atoms with E-state index in [2.05, 4.69) is 64.1 Å². The van der Waals surface area contributed by atoms with Crippen molar-refractivity contribution in [3.05, 3.63) is 90.9 Å². The van der Waals surface area contributed by atoms with Gasteiger partial charge in [-0.2, -0.15) is 0 Å². The van der Waals surface area contributed by atoms with Gasteiger partial charge in [0.15, 0.2) is 5.82 Å². The molecular formula is C32H30N8. The number of allylic oxidation sites excluding steroid dienone is 4. The topological polar surface area (TPSA) is 101 Å². The molecule has 5 aromatic rings. The highest BCUT2D eigenvalue weighted by atomic mass is 15.1. The van der Waals surface area contributed by atoms with Crippen molar-refractivity contribution in [2.45, 2.75) is 26.3 Å². The van der Waals surface area contributed by atoms with Crippen molar-refractivity contribution in [3.63, 3.8) is 0 Å². The first kappa shape index (κ1) is 24.4. The van der Waals surface area contributed by atoms with E-state index in [-0.39, 0.29) is 11.5 Å². The smallest absolute Gasteiger partial charge is 0.162 e. The van der Waals surface area contributed by atoms with Gasteiger partial charge in [0.1, 0.15) is 17.5 Å². The summed E-state index contributed by atoms with van der Waals surface area (Å²) in [7, 11) is 0. The minimum absolute atomic E-state index is 0.0686. The number of nitrogens with zero attached hydrogens (tertiary/aromatic N) is 5. The summed E-state index contributed by atoms with van der Waals surface area (Å²) in [6.45, 7) is 6.51. The van der Waals surface area contributed by atoms with E-state index in [9.17, 15) is 0 Å². The van der Waals surface area contributed by atoms with Gasteiger partial charge in [0.05, 0.1) is 22.6 Å². The highest BCUT2D eigenvalue weighted by Gasteiger charge is 2.33. The number of para-hydroxylation sites is 1. The third-order valence-corrected chi connectivity index (χ3v) is 7.79. The summed E-state index contributed by atoms with van der Waals surface area (Å²) in [4.78, 5) is 23.9. The summed E-state index contributed by atoms with van der Waals surface area (Å²) >= 11 is 0. The minimum atomic E-state index is 0.0686. The maximum Gasteiger partial charge on any atom is 0.162 e. The van der Waals surface area contributed by atoms with Crippen molar-refractivity contribution in [2.24, 2.45) is 5.41 Å². The Balaban J connectivity index is 1.29.